The van der Waals surface area contributed by atoms with Crippen molar-refractivity contribution in [3.05, 3.63) is 59.9 Å². The van der Waals surface area contributed by atoms with E-state index in [2.05, 4.69) is 21.9 Å². The van der Waals surface area contributed by atoms with Gasteiger partial charge in [-0.1, -0.05) is 12.1 Å². The van der Waals surface area contributed by atoms with E-state index in [1.807, 2.05) is 18.2 Å². The molecular formula is C18H21FN2O. The summed E-state index contributed by atoms with van der Waals surface area (Å²) in [4.78, 5) is 4.75. The fourth-order valence-electron chi connectivity index (χ4n) is 2.85. The van der Waals surface area contributed by atoms with E-state index < -0.39 is 0 Å². The highest BCUT2D eigenvalue weighted by Gasteiger charge is 2.17. The molecule has 0 bridgehead atoms. The van der Waals surface area contributed by atoms with Crippen LogP contribution in [-0.2, 0) is 6.54 Å². The Hall–Kier alpha value is -2.07. The minimum absolute atomic E-state index is 0.158. The summed E-state index contributed by atoms with van der Waals surface area (Å²) in [6.45, 7) is 4.77. The first-order valence-electron chi connectivity index (χ1n) is 7.60. The van der Waals surface area contributed by atoms with Crippen molar-refractivity contribution in [2.75, 3.05) is 38.2 Å². The fourth-order valence-corrected chi connectivity index (χ4v) is 2.85. The Labute approximate surface area is 130 Å². The van der Waals surface area contributed by atoms with Crippen LogP contribution in [0, 0.1) is 5.82 Å². The lowest BCUT2D eigenvalue weighted by Crippen LogP contribution is -2.45. The average Bonchev–Trinajstić information content (AvgIpc) is 2.56. The van der Waals surface area contributed by atoms with E-state index in [0.29, 0.717) is 0 Å². The zero-order valence-electron chi connectivity index (χ0n) is 12.8. The number of piperazine rings is 1. The van der Waals surface area contributed by atoms with Crippen LogP contribution in [-0.4, -0.2) is 38.2 Å². The van der Waals surface area contributed by atoms with Crippen molar-refractivity contribution in [2.45, 2.75) is 6.54 Å². The first kappa shape index (κ1) is 14.9. The highest BCUT2D eigenvalue weighted by Crippen LogP contribution is 2.21. The molecule has 0 atom stereocenters. The van der Waals surface area contributed by atoms with E-state index in [4.69, 9.17) is 4.74 Å². The van der Waals surface area contributed by atoms with Gasteiger partial charge in [0, 0.05) is 38.4 Å². The Kier molecular flexibility index (Phi) is 4.59. The molecule has 1 fully saturated rings. The zero-order valence-corrected chi connectivity index (χ0v) is 12.8. The predicted octanol–water partition coefficient (Wildman–Crippen LogP) is 3.16. The van der Waals surface area contributed by atoms with Crippen molar-refractivity contribution in [3.8, 4) is 5.75 Å². The van der Waals surface area contributed by atoms with Gasteiger partial charge in [0.25, 0.3) is 0 Å². The van der Waals surface area contributed by atoms with Crippen LogP contribution in [0.25, 0.3) is 0 Å². The van der Waals surface area contributed by atoms with E-state index in [1.54, 1.807) is 19.2 Å². The van der Waals surface area contributed by atoms with Crippen LogP contribution in [0.1, 0.15) is 5.56 Å². The molecule has 3 rings (SSSR count). The number of hydrogen-bond donors (Lipinski definition) is 0. The lowest BCUT2D eigenvalue weighted by atomic mass is 10.2. The fraction of sp³-hybridized carbons (Fsp3) is 0.333. The normalized spacial score (nSPS) is 15.8. The quantitative estimate of drug-likeness (QED) is 0.862. The molecule has 2 aromatic rings. The van der Waals surface area contributed by atoms with Crippen LogP contribution in [0.2, 0.25) is 0 Å². The molecular weight excluding hydrogens is 279 g/mol. The third kappa shape index (κ3) is 3.57. The van der Waals surface area contributed by atoms with Gasteiger partial charge in [-0.15, -0.1) is 0 Å². The maximum absolute atomic E-state index is 13.2. The van der Waals surface area contributed by atoms with Gasteiger partial charge in [-0.3, -0.25) is 4.90 Å². The molecule has 4 heteroatoms. The maximum Gasteiger partial charge on any atom is 0.123 e. The number of hydrogen-bond acceptors (Lipinski definition) is 3. The van der Waals surface area contributed by atoms with Crippen LogP contribution in [0.15, 0.2) is 48.5 Å². The van der Waals surface area contributed by atoms with Gasteiger partial charge in [0.15, 0.2) is 0 Å². The Balaban J connectivity index is 1.55. The lowest BCUT2D eigenvalue weighted by Gasteiger charge is -2.36. The molecule has 22 heavy (non-hydrogen) atoms. The highest BCUT2D eigenvalue weighted by atomic mass is 19.1. The summed E-state index contributed by atoms with van der Waals surface area (Å²) in [6.07, 6.45) is 0. The van der Waals surface area contributed by atoms with E-state index >= 15 is 0 Å². The van der Waals surface area contributed by atoms with E-state index in [1.165, 1.54) is 11.8 Å². The minimum atomic E-state index is -0.158. The van der Waals surface area contributed by atoms with Crippen LogP contribution in [0.4, 0.5) is 10.1 Å². The summed E-state index contributed by atoms with van der Waals surface area (Å²) < 4.78 is 18.4. The molecule has 1 aliphatic heterocycles. The molecule has 0 aromatic heterocycles. The van der Waals surface area contributed by atoms with Crippen LogP contribution < -0.4 is 9.64 Å². The SMILES string of the molecule is COc1ccc(N2CCN(Cc3cccc(F)c3)CC2)cc1. The monoisotopic (exact) mass is 300 g/mol. The van der Waals surface area contributed by atoms with E-state index in [-0.39, 0.29) is 5.82 Å². The third-order valence-electron chi connectivity index (χ3n) is 4.11. The van der Waals surface area contributed by atoms with Gasteiger partial charge >= 0.3 is 0 Å². The van der Waals surface area contributed by atoms with Crippen LogP contribution >= 0.6 is 0 Å². The summed E-state index contributed by atoms with van der Waals surface area (Å²) in [6, 6.07) is 15.1. The largest absolute Gasteiger partial charge is 0.497 e. The molecule has 0 radical (unpaired) electrons. The predicted molar refractivity (Wildman–Crippen MR) is 86.9 cm³/mol. The number of ether oxygens (including phenoxy) is 1. The highest BCUT2D eigenvalue weighted by molar-refractivity contribution is 5.49. The molecule has 0 unspecified atom stereocenters. The second-order valence-electron chi connectivity index (χ2n) is 5.59. The van der Waals surface area contributed by atoms with Crippen molar-refractivity contribution in [3.63, 3.8) is 0 Å². The number of halogens is 1. The average molecular weight is 300 g/mol. The molecule has 0 amide bonds. The van der Waals surface area contributed by atoms with Gasteiger partial charge in [0.05, 0.1) is 7.11 Å². The van der Waals surface area contributed by atoms with Crippen LogP contribution in [0.3, 0.4) is 0 Å². The molecule has 1 aliphatic rings. The Morgan fingerprint density at radius 3 is 2.36 bits per heavy atom. The second kappa shape index (κ2) is 6.79. The van der Waals surface area contributed by atoms with Crippen molar-refractivity contribution >= 4 is 5.69 Å². The molecule has 2 aromatic carbocycles. The Bertz CT molecular complexity index is 607. The van der Waals surface area contributed by atoms with E-state index in [9.17, 15) is 4.39 Å². The van der Waals surface area contributed by atoms with Gasteiger partial charge in [0.2, 0.25) is 0 Å². The number of nitrogens with zero attached hydrogens (tertiary/aromatic N) is 2. The van der Waals surface area contributed by atoms with Gasteiger partial charge in [-0.2, -0.15) is 0 Å². The summed E-state index contributed by atoms with van der Waals surface area (Å²) >= 11 is 0. The molecule has 1 saturated heterocycles. The van der Waals surface area contributed by atoms with Crippen molar-refractivity contribution in [1.29, 1.82) is 0 Å². The lowest BCUT2D eigenvalue weighted by molar-refractivity contribution is 0.249. The van der Waals surface area contributed by atoms with E-state index in [0.717, 1.165) is 44.0 Å². The van der Waals surface area contributed by atoms with Crippen molar-refractivity contribution in [2.24, 2.45) is 0 Å². The summed E-state index contributed by atoms with van der Waals surface area (Å²) in [5.41, 5.74) is 2.27. The number of anilines is 1. The van der Waals surface area contributed by atoms with Gasteiger partial charge < -0.3 is 9.64 Å². The summed E-state index contributed by atoms with van der Waals surface area (Å²) in [5.74, 6) is 0.725. The number of methoxy groups -OCH3 is 1. The molecule has 0 saturated carbocycles. The van der Waals surface area contributed by atoms with Gasteiger partial charge in [-0.05, 0) is 42.0 Å². The second-order valence-corrected chi connectivity index (χ2v) is 5.59. The third-order valence-corrected chi connectivity index (χ3v) is 4.11. The smallest absolute Gasteiger partial charge is 0.123 e. The molecule has 1 heterocycles. The van der Waals surface area contributed by atoms with Crippen molar-refractivity contribution in [1.82, 2.24) is 4.90 Å². The first-order chi connectivity index (χ1) is 10.7. The molecule has 0 aliphatic carbocycles. The molecule has 0 N–H and O–H groups in total. The molecule has 0 spiro atoms. The zero-order chi connectivity index (χ0) is 15.4. The first-order valence-corrected chi connectivity index (χ1v) is 7.60. The topological polar surface area (TPSA) is 15.7 Å². The Morgan fingerprint density at radius 2 is 1.73 bits per heavy atom. The standard InChI is InChI=1S/C18H21FN2O/c1-22-18-7-5-17(6-8-18)21-11-9-20(10-12-21)14-15-3-2-4-16(19)13-15/h2-8,13H,9-12,14H2,1H3. The molecule has 3 nitrogen and oxygen atoms in total. The summed E-state index contributed by atoms with van der Waals surface area (Å²) in [7, 11) is 1.68. The molecule has 116 valence electrons. The Morgan fingerprint density at radius 1 is 1.00 bits per heavy atom. The maximum atomic E-state index is 13.2. The van der Waals surface area contributed by atoms with Crippen molar-refractivity contribution < 1.29 is 9.13 Å². The van der Waals surface area contributed by atoms with Crippen LogP contribution in [0.5, 0.6) is 5.75 Å². The summed E-state index contributed by atoms with van der Waals surface area (Å²) in [5, 5.41) is 0. The number of benzene rings is 2. The number of rotatable bonds is 4. The van der Waals surface area contributed by atoms with Gasteiger partial charge in [0.1, 0.15) is 11.6 Å². The van der Waals surface area contributed by atoms with Gasteiger partial charge in [-0.25, -0.2) is 4.39 Å². The minimum Gasteiger partial charge on any atom is -0.497 e.